The Balaban J connectivity index is 1.54. The monoisotopic (exact) mass is 344 g/mol. The van der Waals surface area contributed by atoms with Gasteiger partial charge in [0.2, 0.25) is 0 Å². The van der Waals surface area contributed by atoms with Crippen molar-refractivity contribution in [2.24, 2.45) is 0 Å². The highest BCUT2D eigenvalue weighted by Gasteiger charge is 2.09. The van der Waals surface area contributed by atoms with Gasteiger partial charge in [-0.2, -0.15) is 0 Å². The van der Waals surface area contributed by atoms with Gasteiger partial charge in [-0.05, 0) is 43.3 Å². The maximum atomic E-state index is 12.3. The summed E-state index contributed by atoms with van der Waals surface area (Å²) in [7, 11) is 0. The number of hydrogen-bond acceptors (Lipinski definition) is 4. The molecular formula is C22H20N2O2. The number of aryl methyl sites for hydroxylation is 1. The molecule has 26 heavy (non-hydrogen) atoms. The molecule has 0 aliphatic heterocycles. The molecule has 0 fully saturated rings. The second kappa shape index (κ2) is 8.21. The second-order valence-corrected chi connectivity index (χ2v) is 6.11. The fourth-order valence-corrected chi connectivity index (χ4v) is 2.61. The SMILES string of the molecule is Cc1ccc(C(=O)CCNc2ccc(C(=O)c3ccncc3)cc2)cc1. The van der Waals surface area contributed by atoms with Crippen LogP contribution >= 0.6 is 0 Å². The molecule has 0 unspecified atom stereocenters. The van der Waals surface area contributed by atoms with Gasteiger partial charge in [0.25, 0.3) is 0 Å². The molecule has 0 radical (unpaired) electrons. The minimum absolute atomic E-state index is 0.0338. The van der Waals surface area contributed by atoms with Gasteiger partial charge >= 0.3 is 0 Å². The first-order chi connectivity index (χ1) is 12.6. The maximum absolute atomic E-state index is 12.3. The number of carbonyl (C=O) groups is 2. The van der Waals surface area contributed by atoms with E-state index in [1.165, 1.54) is 0 Å². The molecule has 3 rings (SSSR count). The lowest BCUT2D eigenvalue weighted by Crippen LogP contribution is -2.09. The van der Waals surface area contributed by atoms with E-state index in [2.05, 4.69) is 10.3 Å². The normalized spacial score (nSPS) is 10.3. The number of ketones is 2. The fraction of sp³-hybridized carbons (Fsp3) is 0.136. The number of aromatic nitrogens is 1. The van der Waals surface area contributed by atoms with E-state index < -0.39 is 0 Å². The third-order valence-corrected chi connectivity index (χ3v) is 4.14. The quantitative estimate of drug-likeness (QED) is 0.649. The van der Waals surface area contributed by atoms with Crippen molar-refractivity contribution in [2.75, 3.05) is 11.9 Å². The number of pyridine rings is 1. The first-order valence-electron chi connectivity index (χ1n) is 8.52. The summed E-state index contributed by atoms with van der Waals surface area (Å²) in [4.78, 5) is 28.4. The zero-order valence-corrected chi connectivity index (χ0v) is 14.6. The van der Waals surface area contributed by atoms with E-state index in [1.807, 2.05) is 43.3 Å². The van der Waals surface area contributed by atoms with Gasteiger partial charge < -0.3 is 5.32 Å². The smallest absolute Gasteiger partial charge is 0.193 e. The van der Waals surface area contributed by atoms with E-state index in [1.54, 1.807) is 36.7 Å². The highest BCUT2D eigenvalue weighted by molar-refractivity contribution is 6.09. The minimum Gasteiger partial charge on any atom is -0.385 e. The van der Waals surface area contributed by atoms with Crippen LogP contribution < -0.4 is 5.32 Å². The number of nitrogens with zero attached hydrogens (tertiary/aromatic N) is 1. The van der Waals surface area contributed by atoms with Crippen LogP contribution in [0.2, 0.25) is 0 Å². The van der Waals surface area contributed by atoms with E-state index in [0.29, 0.717) is 24.1 Å². The number of anilines is 1. The molecule has 4 nitrogen and oxygen atoms in total. The van der Waals surface area contributed by atoms with Crippen molar-refractivity contribution in [3.05, 3.63) is 95.3 Å². The summed E-state index contributed by atoms with van der Waals surface area (Å²) >= 11 is 0. The molecule has 0 bridgehead atoms. The van der Waals surface area contributed by atoms with Gasteiger partial charge in [0, 0.05) is 47.7 Å². The van der Waals surface area contributed by atoms with Crippen LogP contribution in [0.3, 0.4) is 0 Å². The standard InChI is InChI=1S/C22H20N2O2/c1-16-2-4-17(5-3-16)21(25)12-15-24-20-8-6-18(7-9-20)22(26)19-10-13-23-14-11-19/h2-11,13-14,24H,12,15H2,1H3. The van der Waals surface area contributed by atoms with Gasteiger partial charge in [-0.15, -0.1) is 0 Å². The largest absolute Gasteiger partial charge is 0.385 e. The first kappa shape index (κ1) is 17.5. The molecule has 2 aromatic carbocycles. The summed E-state index contributed by atoms with van der Waals surface area (Å²) in [6.45, 7) is 2.54. The van der Waals surface area contributed by atoms with Crippen molar-refractivity contribution >= 4 is 17.3 Å². The predicted octanol–water partition coefficient (Wildman–Crippen LogP) is 4.31. The number of nitrogens with one attached hydrogen (secondary N) is 1. The van der Waals surface area contributed by atoms with Crippen LogP contribution in [0.5, 0.6) is 0 Å². The Bertz CT molecular complexity index is 886. The number of benzene rings is 2. The van der Waals surface area contributed by atoms with Gasteiger partial charge in [0.05, 0.1) is 0 Å². The minimum atomic E-state index is -0.0338. The van der Waals surface area contributed by atoms with Crippen molar-refractivity contribution in [3.63, 3.8) is 0 Å². The zero-order chi connectivity index (χ0) is 18.4. The molecule has 0 atom stereocenters. The fourth-order valence-electron chi connectivity index (χ4n) is 2.61. The van der Waals surface area contributed by atoms with Crippen molar-refractivity contribution in [1.29, 1.82) is 0 Å². The Labute approximate surface area is 152 Å². The van der Waals surface area contributed by atoms with Crippen LogP contribution in [0.15, 0.2) is 73.1 Å². The molecule has 0 saturated heterocycles. The summed E-state index contributed by atoms with van der Waals surface area (Å²) in [6, 6.07) is 18.3. The molecule has 0 aliphatic carbocycles. The average Bonchev–Trinajstić information content (AvgIpc) is 2.69. The molecule has 0 aliphatic rings. The van der Waals surface area contributed by atoms with Crippen molar-refractivity contribution in [3.8, 4) is 0 Å². The topological polar surface area (TPSA) is 59.1 Å². The predicted molar refractivity (Wildman–Crippen MR) is 103 cm³/mol. The van der Waals surface area contributed by atoms with Crippen LogP contribution in [0, 0.1) is 6.92 Å². The first-order valence-corrected chi connectivity index (χ1v) is 8.52. The van der Waals surface area contributed by atoms with E-state index in [4.69, 9.17) is 0 Å². The van der Waals surface area contributed by atoms with Gasteiger partial charge in [-0.3, -0.25) is 14.6 Å². The Morgan fingerprint density at radius 1 is 0.808 bits per heavy atom. The van der Waals surface area contributed by atoms with Crippen LogP contribution in [-0.4, -0.2) is 23.1 Å². The van der Waals surface area contributed by atoms with E-state index in [9.17, 15) is 9.59 Å². The van der Waals surface area contributed by atoms with Crippen molar-refractivity contribution in [2.45, 2.75) is 13.3 Å². The molecule has 1 heterocycles. The summed E-state index contributed by atoms with van der Waals surface area (Å²) in [5, 5.41) is 3.22. The lowest BCUT2D eigenvalue weighted by molar-refractivity contribution is 0.0985. The number of carbonyl (C=O) groups excluding carboxylic acids is 2. The number of rotatable bonds is 7. The van der Waals surface area contributed by atoms with E-state index in [0.717, 1.165) is 16.8 Å². The van der Waals surface area contributed by atoms with Crippen molar-refractivity contribution < 1.29 is 9.59 Å². The van der Waals surface area contributed by atoms with E-state index >= 15 is 0 Å². The van der Waals surface area contributed by atoms with Gasteiger partial charge in [0.15, 0.2) is 11.6 Å². The van der Waals surface area contributed by atoms with Crippen LogP contribution in [0.25, 0.3) is 0 Å². The van der Waals surface area contributed by atoms with Crippen LogP contribution in [-0.2, 0) is 0 Å². The molecule has 1 aromatic heterocycles. The highest BCUT2D eigenvalue weighted by Crippen LogP contribution is 2.14. The van der Waals surface area contributed by atoms with Crippen molar-refractivity contribution in [1.82, 2.24) is 4.98 Å². The Morgan fingerprint density at radius 2 is 1.38 bits per heavy atom. The summed E-state index contributed by atoms with van der Waals surface area (Å²) in [6.07, 6.45) is 3.63. The van der Waals surface area contributed by atoms with E-state index in [-0.39, 0.29) is 11.6 Å². The molecule has 0 spiro atoms. The molecule has 1 N–H and O–H groups in total. The van der Waals surface area contributed by atoms with Gasteiger partial charge in [-0.25, -0.2) is 0 Å². The van der Waals surface area contributed by atoms with Gasteiger partial charge in [-0.1, -0.05) is 29.8 Å². The average molecular weight is 344 g/mol. The molecule has 4 heteroatoms. The molecule has 0 amide bonds. The Kier molecular flexibility index (Phi) is 5.54. The zero-order valence-electron chi connectivity index (χ0n) is 14.6. The second-order valence-electron chi connectivity index (χ2n) is 6.11. The lowest BCUT2D eigenvalue weighted by atomic mass is 10.0. The van der Waals surface area contributed by atoms with Crippen LogP contribution in [0.1, 0.15) is 38.3 Å². The number of Topliss-reactive ketones (excluding diaryl/α,β-unsaturated/α-hetero) is 1. The van der Waals surface area contributed by atoms with Crippen LogP contribution in [0.4, 0.5) is 5.69 Å². The Morgan fingerprint density at radius 3 is 2.04 bits per heavy atom. The third kappa shape index (κ3) is 4.42. The molecule has 130 valence electrons. The summed E-state index contributed by atoms with van der Waals surface area (Å²) < 4.78 is 0. The number of hydrogen-bond donors (Lipinski definition) is 1. The summed E-state index contributed by atoms with van der Waals surface area (Å²) in [5.74, 6) is 0.0792. The molecule has 0 saturated carbocycles. The highest BCUT2D eigenvalue weighted by atomic mass is 16.1. The maximum Gasteiger partial charge on any atom is 0.193 e. The Hall–Kier alpha value is -3.27. The third-order valence-electron chi connectivity index (χ3n) is 4.14. The molecule has 3 aromatic rings. The molecular weight excluding hydrogens is 324 g/mol. The lowest BCUT2D eigenvalue weighted by Gasteiger charge is -2.07. The van der Waals surface area contributed by atoms with Gasteiger partial charge in [0.1, 0.15) is 0 Å². The summed E-state index contributed by atoms with van der Waals surface area (Å²) in [5.41, 5.74) is 3.99.